The van der Waals surface area contributed by atoms with Crippen molar-refractivity contribution in [3.8, 4) is 0 Å². The third kappa shape index (κ3) is 37.1. The Hall–Kier alpha value is -0.890. The predicted molar refractivity (Wildman–Crippen MR) is 148 cm³/mol. The summed E-state index contributed by atoms with van der Waals surface area (Å²) >= 11 is 0. The fourth-order valence-corrected chi connectivity index (χ4v) is 3.26. The van der Waals surface area contributed by atoms with Gasteiger partial charge in [0.1, 0.15) is 6.61 Å². The van der Waals surface area contributed by atoms with Crippen LogP contribution in [0.1, 0.15) is 58.3 Å². The van der Waals surface area contributed by atoms with Gasteiger partial charge in [0.05, 0.1) is 106 Å². The van der Waals surface area contributed by atoms with Gasteiger partial charge in [-0.15, -0.1) is 0 Å². The van der Waals surface area contributed by atoms with Crippen molar-refractivity contribution in [3.05, 3.63) is 0 Å². The van der Waals surface area contributed by atoms with Gasteiger partial charge in [0.15, 0.2) is 0 Å². The van der Waals surface area contributed by atoms with Crippen LogP contribution in [-0.4, -0.2) is 130 Å². The summed E-state index contributed by atoms with van der Waals surface area (Å²) in [6.45, 7) is 10.6. The summed E-state index contributed by atoms with van der Waals surface area (Å²) in [5, 5.41) is 8.41. The van der Waals surface area contributed by atoms with Crippen LogP contribution in [0.15, 0.2) is 0 Å². The lowest BCUT2D eigenvalue weighted by Gasteiger charge is -2.09. The summed E-state index contributed by atoms with van der Waals surface area (Å²) in [7, 11) is 0. The van der Waals surface area contributed by atoms with Gasteiger partial charge >= 0.3 is 5.97 Å². The van der Waals surface area contributed by atoms with E-state index in [-0.39, 0.29) is 13.2 Å². The molecule has 11 nitrogen and oxygen atoms in total. The van der Waals surface area contributed by atoms with E-state index in [2.05, 4.69) is 6.92 Å². The highest BCUT2D eigenvalue weighted by Gasteiger charge is 1.97. The van der Waals surface area contributed by atoms with E-state index in [0.29, 0.717) is 99.1 Å². The number of aliphatic carboxylic acids is 1. The van der Waals surface area contributed by atoms with E-state index in [9.17, 15) is 4.79 Å². The van der Waals surface area contributed by atoms with E-state index in [1.807, 2.05) is 0 Å². The second-order valence-corrected chi connectivity index (χ2v) is 8.82. The molecule has 0 amide bonds. The summed E-state index contributed by atoms with van der Waals surface area (Å²) in [6.07, 6.45) is 10.5. The van der Waals surface area contributed by atoms with Crippen molar-refractivity contribution in [2.24, 2.45) is 0 Å². The molecule has 0 saturated heterocycles. The van der Waals surface area contributed by atoms with Crippen molar-refractivity contribution in [3.63, 3.8) is 0 Å². The lowest BCUT2D eigenvalue weighted by molar-refractivity contribution is -0.142. The minimum absolute atomic E-state index is 0.250. The Morgan fingerprint density at radius 3 is 0.949 bits per heavy atom. The fourth-order valence-electron chi connectivity index (χ4n) is 3.26. The molecule has 0 fully saturated rings. The van der Waals surface area contributed by atoms with E-state index in [1.54, 1.807) is 0 Å². The van der Waals surface area contributed by atoms with Gasteiger partial charge in [0.25, 0.3) is 0 Å². The van der Waals surface area contributed by atoms with E-state index in [1.165, 1.54) is 44.9 Å². The number of ether oxygens (including phenoxy) is 9. The summed E-state index contributed by atoms with van der Waals surface area (Å²) in [5.41, 5.74) is 0. The van der Waals surface area contributed by atoms with Crippen LogP contribution in [0.4, 0.5) is 0 Å². The minimum Gasteiger partial charge on any atom is -0.480 e. The highest BCUT2D eigenvalue weighted by molar-refractivity contribution is 5.67. The summed E-state index contributed by atoms with van der Waals surface area (Å²) in [4.78, 5) is 10.3. The van der Waals surface area contributed by atoms with Crippen LogP contribution in [0.5, 0.6) is 0 Å². The van der Waals surface area contributed by atoms with Gasteiger partial charge in [-0.1, -0.05) is 51.9 Å². The van der Waals surface area contributed by atoms with Gasteiger partial charge in [-0.25, -0.2) is 4.79 Å². The number of carboxylic acids is 1. The number of rotatable bonds is 35. The van der Waals surface area contributed by atoms with Crippen molar-refractivity contribution in [2.75, 3.05) is 119 Å². The molecule has 39 heavy (non-hydrogen) atoms. The molecule has 0 radical (unpaired) electrons. The van der Waals surface area contributed by atoms with Gasteiger partial charge < -0.3 is 47.7 Å². The molecule has 0 atom stereocenters. The smallest absolute Gasteiger partial charge is 0.329 e. The zero-order valence-electron chi connectivity index (χ0n) is 24.4. The molecule has 1 N–H and O–H groups in total. The van der Waals surface area contributed by atoms with Crippen molar-refractivity contribution < 1.29 is 52.5 Å². The number of carboxylic acid groups (broad SMARTS) is 1. The second-order valence-electron chi connectivity index (χ2n) is 8.82. The van der Waals surface area contributed by atoms with Gasteiger partial charge in [0.2, 0.25) is 0 Å². The maximum atomic E-state index is 10.3. The molecule has 0 aromatic heterocycles. The Bertz CT molecular complexity index is 469. The molecule has 0 heterocycles. The molecule has 0 bridgehead atoms. The first-order chi connectivity index (χ1) is 19.3. The molecule has 234 valence electrons. The largest absolute Gasteiger partial charge is 0.480 e. The Kier molecular flexibility index (Phi) is 34.3. The zero-order chi connectivity index (χ0) is 28.3. The molecule has 0 saturated carbocycles. The maximum Gasteiger partial charge on any atom is 0.329 e. The predicted octanol–water partition coefficient (Wildman–Crippen LogP) is 3.36. The molecule has 0 aliphatic rings. The molecule has 0 spiro atoms. The molecule has 0 unspecified atom stereocenters. The molecule has 0 aliphatic heterocycles. The van der Waals surface area contributed by atoms with Gasteiger partial charge in [-0.2, -0.15) is 0 Å². The highest BCUT2D eigenvalue weighted by Crippen LogP contribution is 2.08. The average molecular weight is 569 g/mol. The standard InChI is InChI=1S/C28H56O11/c1-2-3-4-5-6-7-8-9-10-31-11-12-32-13-14-33-15-16-34-17-18-35-19-20-36-21-22-37-23-24-38-25-26-39-27-28(29)30/h2-27H2,1H3,(H,29,30). The van der Waals surface area contributed by atoms with Crippen LogP contribution in [0.25, 0.3) is 0 Å². The van der Waals surface area contributed by atoms with E-state index in [4.69, 9.17) is 47.7 Å². The lowest BCUT2D eigenvalue weighted by atomic mass is 10.1. The second kappa shape index (κ2) is 35.1. The van der Waals surface area contributed by atoms with Crippen molar-refractivity contribution >= 4 is 5.97 Å². The SMILES string of the molecule is CCCCCCCCCCOCCOCCOCCOCCOCCOCCOCCOCCOCC(=O)O. The van der Waals surface area contributed by atoms with Gasteiger partial charge in [0, 0.05) is 6.61 Å². The van der Waals surface area contributed by atoms with Crippen molar-refractivity contribution in [1.82, 2.24) is 0 Å². The van der Waals surface area contributed by atoms with Gasteiger partial charge in [-0.3, -0.25) is 0 Å². The quantitative estimate of drug-likeness (QED) is 0.113. The summed E-state index contributed by atoms with van der Waals surface area (Å²) < 4.78 is 48.4. The highest BCUT2D eigenvalue weighted by atomic mass is 16.6. The van der Waals surface area contributed by atoms with Gasteiger partial charge in [-0.05, 0) is 6.42 Å². The molecule has 0 rings (SSSR count). The topological polar surface area (TPSA) is 120 Å². The maximum absolute atomic E-state index is 10.3. The number of hydrogen-bond acceptors (Lipinski definition) is 10. The molecule has 0 aromatic carbocycles. The average Bonchev–Trinajstić information content (AvgIpc) is 2.93. The molecular weight excluding hydrogens is 512 g/mol. The first kappa shape index (κ1) is 38.1. The van der Waals surface area contributed by atoms with E-state index < -0.39 is 5.97 Å². The van der Waals surface area contributed by atoms with Crippen LogP contribution >= 0.6 is 0 Å². The van der Waals surface area contributed by atoms with Crippen LogP contribution in [0.2, 0.25) is 0 Å². The van der Waals surface area contributed by atoms with Crippen LogP contribution < -0.4 is 0 Å². The minimum atomic E-state index is -0.989. The molecular formula is C28H56O11. The summed E-state index contributed by atoms with van der Waals surface area (Å²) in [6, 6.07) is 0. The normalized spacial score (nSPS) is 11.4. The fraction of sp³-hybridized carbons (Fsp3) is 0.964. The Morgan fingerprint density at radius 2 is 0.641 bits per heavy atom. The first-order valence-corrected chi connectivity index (χ1v) is 14.7. The van der Waals surface area contributed by atoms with Crippen molar-refractivity contribution in [2.45, 2.75) is 58.3 Å². The number of hydrogen-bond donors (Lipinski definition) is 1. The zero-order valence-corrected chi connectivity index (χ0v) is 24.4. The van der Waals surface area contributed by atoms with Crippen LogP contribution in [0, 0.1) is 0 Å². The Labute approximate surface area is 236 Å². The van der Waals surface area contributed by atoms with E-state index in [0.717, 1.165) is 13.0 Å². The Balaban J connectivity index is 3.02. The van der Waals surface area contributed by atoms with Crippen LogP contribution in [-0.2, 0) is 47.4 Å². The number of unbranched alkanes of at least 4 members (excludes halogenated alkanes) is 7. The van der Waals surface area contributed by atoms with E-state index >= 15 is 0 Å². The monoisotopic (exact) mass is 568 g/mol. The third-order valence-electron chi connectivity index (χ3n) is 5.34. The molecule has 0 aliphatic carbocycles. The first-order valence-electron chi connectivity index (χ1n) is 14.7. The Morgan fingerprint density at radius 1 is 0.385 bits per heavy atom. The molecule has 0 aromatic rings. The van der Waals surface area contributed by atoms with Crippen LogP contribution in [0.3, 0.4) is 0 Å². The summed E-state index contributed by atoms with van der Waals surface area (Å²) in [5.74, 6) is -0.989. The molecule has 11 heteroatoms. The lowest BCUT2D eigenvalue weighted by Crippen LogP contribution is -2.15. The van der Waals surface area contributed by atoms with Crippen molar-refractivity contribution in [1.29, 1.82) is 0 Å². The third-order valence-corrected chi connectivity index (χ3v) is 5.34. The number of carbonyl (C=O) groups is 1.